The van der Waals surface area contributed by atoms with Gasteiger partial charge in [0, 0.05) is 43.6 Å². The van der Waals surface area contributed by atoms with Crippen LogP contribution in [0.15, 0.2) is 42.5 Å². The zero-order valence-corrected chi connectivity index (χ0v) is 14.9. The van der Waals surface area contributed by atoms with Crippen molar-refractivity contribution in [2.45, 2.75) is 13.3 Å². The van der Waals surface area contributed by atoms with Gasteiger partial charge in [0.2, 0.25) is 6.79 Å². The number of benzene rings is 2. The predicted octanol–water partition coefficient (Wildman–Crippen LogP) is 3.33. The Bertz CT molecular complexity index is 783. The number of piperazine rings is 1. The first-order chi connectivity index (χ1) is 12.7. The van der Waals surface area contributed by atoms with E-state index in [-0.39, 0.29) is 12.8 Å². The van der Waals surface area contributed by atoms with Gasteiger partial charge >= 0.3 is 6.03 Å². The highest BCUT2D eigenvalue weighted by Gasteiger charge is 2.23. The molecule has 0 bridgehead atoms. The zero-order chi connectivity index (χ0) is 17.9. The van der Waals surface area contributed by atoms with Crippen LogP contribution in [0.4, 0.5) is 16.2 Å². The van der Waals surface area contributed by atoms with Crippen LogP contribution in [0.5, 0.6) is 11.5 Å². The van der Waals surface area contributed by atoms with Gasteiger partial charge in [-0.2, -0.15) is 0 Å². The number of hydrogen-bond donors (Lipinski definition) is 1. The number of carbonyl (C=O) groups excluding carboxylic acids is 1. The molecule has 0 unspecified atom stereocenters. The molecule has 2 aliphatic heterocycles. The molecule has 0 saturated carbocycles. The Balaban J connectivity index is 1.33. The van der Waals surface area contributed by atoms with E-state index in [2.05, 4.69) is 17.1 Å². The zero-order valence-electron chi connectivity index (χ0n) is 14.9. The lowest BCUT2D eigenvalue weighted by Crippen LogP contribution is -2.50. The molecule has 4 rings (SSSR count). The van der Waals surface area contributed by atoms with Crippen molar-refractivity contribution in [3.05, 3.63) is 48.0 Å². The van der Waals surface area contributed by atoms with Crippen LogP contribution in [-0.4, -0.2) is 43.9 Å². The Kier molecular flexibility index (Phi) is 4.56. The number of urea groups is 1. The summed E-state index contributed by atoms with van der Waals surface area (Å²) in [5.41, 5.74) is 3.20. The molecule has 6 nitrogen and oxygen atoms in total. The first-order valence-electron chi connectivity index (χ1n) is 9.02. The number of carbonyl (C=O) groups is 1. The maximum absolute atomic E-state index is 12.5. The molecule has 0 aromatic heterocycles. The summed E-state index contributed by atoms with van der Waals surface area (Å²) in [7, 11) is 0. The van der Waals surface area contributed by atoms with Crippen LogP contribution < -0.4 is 19.7 Å². The number of ether oxygens (including phenoxy) is 2. The van der Waals surface area contributed by atoms with E-state index in [1.54, 1.807) is 0 Å². The normalized spacial score (nSPS) is 15.9. The molecule has 26 heavy (non-hydrogen) atoms. The van der Waals surface area contributed by atoms with Crippen molar-refractivity contribution in [3.63, 3.8) is 0 Å². The van der Waals surface area contributed by atoms with Gasteiger partial charge in [-0.25, -0.2) is 4.79 Å². The van der Waals surface area contributed by atoms with Crippen molar-refractivity contribution in [3.8, 4) is 11.5 Å². The summed E-state index contributed by atoms with van der Waals surface area (Å²) in [6, 6.07) is 14.0. The van der Waals surface area contributed by atoms with Crippen LogP contribution in [0, 0.1) is 0 Å². The number of nitrogens with one attached hydrogen (secondary N) is 1. The second-order valence-electron chi connectivity index (χ2n) is 6.49. The Morgan fingerprint density at radius 3 is 2.46 bits per heavy atom. The van der Waals surface area contributed by atoms with E-state index in [1.165, 1.54) is 5.56 Å². The summed E-state index contributed by atoms with van der Waals surface area (Å²) < 4.78 is 10.8. The summed E-state index contributed by atoms with van der Waals surface area (Å²) in [6.45, 7) is 5.36. The lowest BCUT2D eigenvalue weighted by molar-refractivity contribution is 0.174. The lowest BCUT2D eigenvalue weighted by Gasteiger charge is -2.36. The monoisotopic (exact) mass is 353 g/mol. The van der Waals surface area contributed by atoms with Crippen molar-refractivity contribution < 1.29 is 14.3 Å². The fourth-order valence-corrected chi connectivity index (χ4v) is 3.28. The van der Waals surface area contributed by atoms with Crippen LogP contribution in [0.1, 0.15) is 12.5 Å². The maximum atomic E-state index is 12.5. The number of amides is 2. The quantitative estimate of drug-likeness (QED) is 0.920. The van der Waals surface area contributed by atoms with Crippen molar-refractivity contribution in [1.82, 2.24) is 4.90 Å². The van der Waals surface area contributed by atoms with Gasteiger partial charge in [-0.15, -0.1) is 0 Å². The number of hydrogen-bond acceptors (Lipinski definition) is 4. The van der Waals surface area contributed by atoms with E-state index in [0.29, 0.717) is 13.1 Å². The van der Waals surface area contributed by atoms with E-state index in [4.69, 9.17) is 9.47 Å². The number of anilines is 2. The molecule has 0 radical (unpaired) electrons. The minimum atomic E-state index is -0.0421. The average Bonchev–Trinajstić information content (AvgIpc) is 3.16. The Hall–Kier alpha value is -2.89. The first kappa shape index (κ1) is 16.6. The largest absolute Gasteiger partial charge is 0.454 e. The van der Waals surface area contributed by atoms with E-state index in [1.807, 2.05) is 47.4 Å². The molecular formula is C20H23N3O3. The number of aryl methyl sites for hydroxylation is 1. The van der Waals surface area contributed by atoms with E-state index in [9.17, 15) is 4.79 Å². The molecule has 2 aromatic rings. The molecule has 1 fully saturated rings. The van der Waals surface area contributed by atoms with Crippen molar-refractivity contribution in [1.29, 1.82) is 0 Å². The SMILES string of the molecule is CCc1ccc(NC(=O)N2CCN(c3ccc4c(c3)OCO4)CC2)cc1. The average molecular weight is 353 g/mol. The van der Waals surface area contributed by atoms with Crippen molar-refractivity contribution in [2.75, 3.05) is 43.2 Å². The molecule has 0 aliphatic carbocycles. The molecule has 2 aromatic carbocycles. The maximum Gasteiger partial charge on any atom is 0.321 e. The summed E-state index contributed by atoms with van der Waals surface area (Å²) in [4.78, 5) is 16.6. The van der Waals surface area contributed by atoms with E-state index < -0.39 is 0 Å². The summed E-state index contributed by atoms with van der Waals surface area (Å²) in [5, 5.41) is 2.98. The highest BCUT2D eigenvalue weighted by molar-refractivity contribution is 5.89. The summed E-state index contributed by atoms with van der Waals surface area (Å²) in [5.74, 6) is 1.58. The smallest absolute Gasteiger partial charge is 0.321 e. The van der Waals surface area contributed by atoms with Gasteiger partial charge in [0.05, 0.1) is 0 Å². The van der Waals surface area contributed by atoms with E-state index >= 15 is 0 Å². The Morgan fingerprint density at radius 2 is 1.73 bits per heavy atom. The fraction of sp³-hybridized carbons (Fsp3) is 0.350. The van der Waals surface area contributed by atoms with Gasteiger partial charge in [-0.1, -0.05) is 19.1 Å². The first-order valence-corrected chi connectivity index (χ1v) is 9.02. The van der Waals surface area contributed by atoms with Gasteiger partial charge in [0.25, 0.3) is 0 Å². The third-order valence-electron chi connectivity index (χ3n) is 4.90. The Labute approximate surface area is 153 Å². The molecule has 0 spiro atoms. The Morgan fingerprint density at radius 1 is 1.00 bits per heavy atom. The molecular weight excluding hydrogens is 330 g/mol. The summed E-state index contributed by atoms with van der Waals surface area (Å²) in [6.07, 6.45) is 0.996. The molecule has 2 amide bonds. The second-order valence-corrected chi connectivity index (χ2v) is 6.49. The van der Waals surface area contributed by atoms with Gasteiger partial charge in [0.15, 0.2) is 11.5 Å². The second kappa shape index (κ2) is 7.15. The third kappa shape index (κ3) is 3.40. The minimum absolute atomic E-state index is 0.0421. The van der Waals surface area contributed by atoms with E-state index in [0.717, 1.165) is 42.4 Å². The predicted molar refractivity (Wildman–Crippen MR) is 101 cm³/mol. The third-order valence-corrected chi connectivity index (χ3v) is 4.90. The highest BCUT2D eigenvalue weighted by atomic mass is 16.7. The molecule has 2 heterocycles. The minimum Gasteiger partial charge on any atom is -0.454 e. The molecule has 6 heteroatoms. The number of nitrogens with zero attached hydrogens (tertiary/aromatic N) is 2. The van der Waals surface area contributed by atoms with Crippen molar-refractivity contribution in [2.24, 2.45) is 0 Å². The fourth-order valence-electron chi connectivity index (χ4n) is 3.28. The van der Waals surface area contributed by atoms with Gasteiger partial charge in [-0.05, 0) is 36.2 Å². The van der Waals surface area contributed by atoms with Gasteiger partial charge in [0.1, 0.15) is 0 Å². The molecule has 136 valence electrons. The van der Waals surface area contributed by atoms with Crippen LogP contribution >= 0.6 is 0 Å². The molecule has 2 aliphatic rings. The highest BCUT2D eigenvalue weighted by Crippen LogP contribution is 2.35. The molecule has 1 N–H and O–H groups in total. The molecule has 0 atom stereocenters. The van der Waals surface area contributed by atoms with Gasteiger partial charge < -0.3 is 24.6 Å². The van der Waals surface area contributed by atoms with Crippen LogP contribution in [0.3, 0.4) is 0 Å². The summed E-state index contributed by atoms with van der Waals surface area (Å²) >= 11 is 0. The number of fused-ring (bicyclic) bond motifs is 1. The van der Waals surface area contributed by atoms with Crippen LogP contribution in [0.25, 0.3) is 0 Å². The topological polar surface area (TPSA) is 54.0 Å². The van der Waals surface area contributed by atoms with Crippen molar-refractivity contribution >= 4 is 17.4 Å². The van der Waals surface area contributed by atoms with Crippen LogP contribution in [0.2, 0.25) is 0 Å². The molecule has 1 saturated heterocycles. The standard InChI is InChI=1S/C20H23N3O3/c1-2-15-3-5-16(6-4-15)21-20(24)23-11-9-22(10-12-23)17-7-8-18-19(13-17)26-14-25-18/h3-8,13H,2,9-12,14H2,1H3,(H,21,24). The van der Waals surface area contributed by atoms with Crippen LogP contribution in [-0.2, 0) is 6.42 Å². The number of rotatable bonds is 3. The lowest BCUT2D eigenvalue weighted by atomic mass is 10.1. The van der Waals surface area contributed by atoms with Gasteiger partial charge in [-0.3, -0.25) is 0 Å².